The number of ether oxygens (including phenoxy) is 1. The molecule has 0 bridgehead atoms. The van der Waals surface area contributed by atoms with E-state index in [0.29, 0.717) is 17.1 Å². The molecule has 4 nitrogen and oxygen atoms in total. The first-order chi connectivity index (χ1) is 12.7. The van der Waals surface area contributed by atoms with E-state index in [9.17, 15) is 23.1 Å². The molecule has 1 fully saturated rings. The van der Waals surface area contributed by atoms with Crippen LogP contribution in [0.4, 0.5) is 13.2 Å². The lowest BCUT2D eigenvalue weighted by Crippen LogP contribution is -2.38. The zero-order valence-electron chi connectivity index (χ0n) is 14.7. The Morgan fingerprint density at radius 3 is 2.44 bits per heavy atom. The third-order valence-corrected chi connectivity index (χ3v) is 4.93. The van der Waals surface area contributed by atoms with E-state index in [2.05, 4.69) is 5.32 Å². The van der Waals surface area contributed by atoms with Crippen molar-refractivity contribution in [3.05, 3.63) is 59.7 Å². The molecular weight excluding hydrogens is 359 g/mol. The number of hydrogen-bond acceptors (Lipinski definition) is 3. The molecule has 144 valence electrons. The molecule has 2 atom stereocenters. The number of nitrogens with one attached hydrogen (secondary N) is 1. The quantitative estimate of drug-likeness (QED) is 0.795. The molecule has 0 saturated carbocycles. The fraction of sp³-hybridized carbons (Fsp3) is 0.350. The minimum Gasteiger partial charge on any atom is -0.481 e. The lowest BCUT2D eigenvalue weighted by atomic mass is 9.82. The molecule has 0 radical (unpaired) electrons. The molecule has 1 aliphatic rings. The summed E-state index contributed by atoms with van der Waals surface area (Å²) in [7, 11) is 0. The molecular formula is C20H20F3NO3. The van der Waals surface area contributed by atoms with Crippen LogP contribution in [0, 0.1) is 12.8 Å². The average molecular weight is 379 g/mol. The standard InChI is InChI=1S/C20H20F3NO3/c1-13-4-2-3-5-17(13)27-16-8-6-14(7-9-16)19(11-18(25)26)10-15(12-24-19)20(21,22)23/h2-9,15,24H,10-12H2,1H3,(H,25,26)/t15-,19-/m0/s1. The number of carboxylic acids is 1. The first-order valence-electron chi connectivity index (χ1n) is 8.57. The predicted molar refractivity (Wildman–Crippen MR) is 93.8 cm³/mol. The van der Waals surface area contributed by atoms with Crippen molar-refractivity contribution in [2.75, 3.05) is 6.54 Å². The van der Waals surface area contributed by atoms with Crippen LogP contribution in [0.3, 0.4) is 0 Å². The van der Waals surface area contributed by atoms with Gasteiger partial charge in [-0.15, -0.1) is 0 Å². The van der Waals surface area contributed by atoms with Crippen LogP contribution < -0.4 is 10.1 Å². The van der Waals surface area contributed by atoms with Crippen molar-refractivity contribution in [2.45, 2.75) is 31.5 Å². The van der Waals surface area contributed by atoms with Crippen molar-refractivity contribution in [3.8, 4) is 11.5 Å². The molecule has 1 saturated heterocycles. The van der Waals surface area contributed by atoms with E-state index in [-0.39, 0.29) is 13.0 Å². The minimum absolute atomic E-state index is 0.293. The van der Waals surface area contributed by atoms with Crippen molar-refractivity contribution >= 4 is 5.97 Å². The van der Waals surface area contributed by atoms with E-state index in [1.807, 2.05) is 31.2 Å². The van der Waals surface area contributed by atoms with Gasteiger partial charge in [-0.2, -0.15) is 13.2 Å². The van der Waals surface area contributed by atoms with Gasteiger partial charge in [-0.25, -0.2) is 0 Å². The molecule has 2 N–H and O–H groups in total. The van der Waals surface area contributed by atoms with Crippen LogP contribution in [-0.4, -0.2) is 23.8 Å². The summed E-state index contributed by atoms with van der Waals surface area (Å²) in [5, 5.41) is 12.0. The zero-order chi connectivity index (χ0) is 19.7. The fourth-order valence-corrected chi connectivity index (χ4v) is 3.47. The lowest BCUT2D eigenvalue weighted by Gasteiger charge is -2.29. The molecule has 3 rings (SSSR count). The van der Waals surface area contributed by atoms with Crippen LogP contribution in [0.15, 0.2) is 48.5 Å². The number of aliphatic carboxylic acids is 1. The Balaban J connectivity index is 1.84. The highest BCUT2D eigenvalue weighted by Crippen LogP contribution is 2.43. The number of carbonyl (C=O) groups is 1. The summed E-state index contributed by atoms with van der Waals surface area (Å²) in [6, 6.07) is 14.0. The molecule has 27 heavy (non-hydrogen) atoms. The maximum atomic E-state index is 13.1. The topological polar surface area (TPSA) is 58.6 Å². The molecule has 2 aromatic carbocycles. The van der Waals surface area contributed by atoms with Gasteiger partial charge in [-0.3, -0.25) is 4.79 Å². The molecule has 1 heterocycles. The Morgan fingerprint density at radius 1 is 1.22 bits per heavy atom. The SMILES string of the molecule is Cc1ccccc1Oc1ccc([C@@]2(CC(=O)O)C[C@H](C(F)(F)F)CN2)cc1. The van der Waals surface area contributed by atoms with Crippen LogP contribution in [-0.2, 0) is 10.3 Å². The number of hydrogen-bond donors (Lipinski definition) is 2. The Hall–Kier alpha value is -2.54. The van der Waals surface area contributed by atoms with E-state index in [4.69, 9.17) is 4.74 Å². The summed E-state index contributed by atoms with van der Waals surface area (Å²) in [6.45, 7) is 1.61. The maximum Gasteiger partial charge on any atom is 0.393 e. The summed E-state index contributed by atoms with van der Waals surface area (Å²) >= 11 is 0. The Kier molecular flexibility index (Phi) is 5.15. The van der Waals surface area contributed by atoms with Crippen LogP contribution in [0.1, 0.15) is 24.0 Å². The van der Waals surface area contributed by atoms with Crippen molar-refractivity contribution in [2.24, 2.45) is 5.92 Å². The lowest BCUT2D eigenvalue weighted by molar-refractivity contribution is -0.170. The van der Waals surface area contributed by atoms with Crippen LogP contribution in [0.2, 0.25) is 0 Å². The second-order valence-corrected chi connectivity index (χ2v) is 6.87. The van der Waals surface area contributed by atoms with Crippen molar-refractivity contribution in [1.29, 1.82) is 0 Å². The highest BCUT2D eigenvalue weighted by atomic mass is 19.4. The van der Waals surface area contributed by atoms with Gasteiger partial charge in [0, 0.05) is 6.54 Å². The summed E-state index contributed by atoms with van der Waals surface area (Å²) in [5.74, 6) is -1.50. The van der Waals surface area contributed by atoms with Gasteiger partial charge in [0.25, 0.3) is 0 Å². The first kappa shape index (κ1) is 19.2. The van der Waals surface area contributed by atoms with Crippen LogP contribution >= 0.6 is 0 Å². The van der Waals surface area contributed by atoms with E-state index in [0.717, 1.165) is 5.56 Å². The summed E-state index contributed by atoms with van der Waals surface area (Å²) in [6.07, 6.45) is -5.08. The third kappa shape index (κ3) is 4.24. The van der Waals surface area contributed by atoms with Gasteiger partial charge < -0.3 is 15.2 Å². The van der Waals surface area contributed by atoms with Crippen molar-refractivity contribution in [3.63, 3.8) is 0 Å². The Bertz CT molecular complexity index is 820. The molecule has 1 aliphatic heterocycles. The first-order valence-corrected chi connectivity index (χ1v) is 8.57. The normalized spacial score (nSPS) is 22.6. The second kappa shape index (κ2) is 7.23. The number of aryl methyl sites for hydroxylation is 1. The van der Waals surface area contributed by atoms with E-state index in [1.54, 1.807) is 24.3 Å². The largest absolute Gasteiger partial charge is 0.481 e. The highest BCUT2D eigenvalue weighted by Gasteiger charge is 2.51. The number of carboxylic acid groups (broad SMARTS) is 1. The second-order valence-electron chi connectivity index (χ2n) is 6.87. The Labute approximate surface area is 155 Å². The smallest absolute Gasteiger partial charge is 0.393 e. The van der Waals surface area contributed by atoms with Gasteiger partial charge in [-0.05, 0) is 42.7 Å². The molecule has 0 unspecified atom stereocenters. The van der Waals surface area contributed by atoms with Gasteiger partial charge in [0.1, 0.15) is 11.5 Å². The summed E-state index contributed by atoms with van der Waals surface area (Å²) in [5.41, 5.74) is 0.218. The average Bonchev–Trinajstić information content (AvgIpc) is 3.02. The van der Waals surface area contributed by atoms with Gasteiger partial charge in [0.15, 0.2) is 0 Å². The minimum atomic E-state index is -4.36. The molecule has 0 spiro atoms. The molecule has 0 aromatic heterocycles. The van der Waals surface area contributed by atoms with Crippen molar-refractivity contribution < 1.29 is 27.8 Å². The van der Waals surface area contributed by atoms with Crippen LogP contribution in [0.5, 0.6) is 11.5 Å². The van der Waals surface area contributed by atoms with Gasteiger partial charge in [-0.1, -0.05) is 30.3 Å². The molecule has 2 aromatic rings. The van der Waals surface area contributed by atoms with E-state index in [1.165, 1.54) is 0 Å². The number of rotatable bonds is 5. The highest BCUT2D eigenvalue weighted by molar-refractivity contribution is 5.69. The third-order valence-electron chi connectivity index (χ3n) is 4.93. The van der Waals surface area contributed by atoms with Crippen LogP contribution in [0.25, 0.3) is 0 Å². The molecule has 0 amide bonds. The maximum absolute atomic E-state index is 13.1. The Morgan fingerprint density at radius 2 is 1.89 bits per heavy atom. The number of para-hydroxylation sites is 1. The van der Waals surface area contributed by atoms with Gasteiger partial charge in [0.05, 0.1) is 17.9 Å². The zero-order valence-corrected chi connectivity index (χ0v) is 14.7. The monoisotopic (exact) mass is 379 g/mol. The van der Waals surface area contributed by atoms with E-state index < -0.39 is 30.0 Å². The fourth-order valence-electron chi connectivity index (χ4n) is 3.47. The van der Waals surface area contributed by atoms with Crippen molar-refractivity contribution in [1.82, 2.24) is 5.32 Å². The van der Waals surface area contributed by atoms with Gasteiger partial charge in [0.2, 0.25) is 0 Å². The van der Waals surface area contributed by atoms with Gasteiger partial charge >= 0.3 is 12.1 Å². The number of benzene rings is 2. The number of alkyl halides is 3. The molecule has 0 aliphatic carbocycles. The summed E-state index contributed by atoms with van der Waals surface area (Å²) < 4.78 is 45.1. The van der Waals surface area contributed by atoms with E-state index >= 15 is 0 Å². The molecule has 7 heteroatoms. The predicted octanol–water partition coefficient (Wildman–Crippen LogP) is 4.63. The summed E-state index contributed by atoms with van der Waals surface area (Å²) in [4.78, 5) is 11.3. The number of halogens is 3.